The fourth-order valence-corrected chi connectivity index (χ4v) is 13.5. The molecule has 0 spiro atoms. The Morgan fingerprint density at radius 2 is 1.67 bits per heavy atom. The molecule has 46 heavy (non-hydrogen) atoms. The van der Waals surface area contributed by atoms with E-state index < -0.39 is 11.4 Å². The number of carboxylic acids is 1. The van der Waals surface area contributed by atoms with Gasteiger partial charge in [-0.1, -0.05) is 47.1 Å². The molecule has 7 heteroatoms. The van der Waals surface area contributed by atoms with Crippen LogP contribution in [0.15, 0.2) is 17.5 Å². The molecule has 1 aromatic rings. The van der Waals surface area contributed by atoms with Crippen LogP contribution in [0.25, 0.3) is 0 Å². The summed E-state index contributed by atoms with van der Waals surface area (Å²) in [5, 5.41) is 14.9. The van der Waals surface area contributed by atoms with Gasteiger partial charge in [0.2, 0.25) is 5.91 Å². The number of hydrogen-bond donors (Lipinski definition) is 2. The summed E-state index contributed by atoms with van der Waals surface area (Å²) in [5.41, 5.74) is -0.435. The average molecular weight is 654 g/mol. The third-order valence-electron chi connectivity index (χ3n) is 15.5. The second-order valence-corrected chi connectivity index (χ2v) is 19.3. The van der Waals surface area contributed by atoms with Crippen molar-refractivity contribution < 1.29 is 24.2 Å². The van der Waals surface area contributed by atoms with Gasteiger partial charge < -0.3 is 15.2 Å². The summed E-state index contributed by atoms with van der Waals surface area (Å²) in [4.78, 5) is 39.2. The number of thiophene rings is 1. The fourth-order valence-electron chi connectivity index (χ4n) is 12.8. The number of carbonyl (C=O) groups is 3. The molecule has 5 aliphatic carbocycles. The van der Waals surface area contributed by atoms with Gasteiger partial charge in [0.1, 0.15) is 6.10 Å². The van der Waals surface area contributed by atoms with Gasteiger partial charge in [0.15, 0.2) is 0 Å². The Balaban J connectivity index is 1.18. The van der Waals surface area contributed by atoms with E-state index in [9.17, 15) is 19.5 Å². The zero-order valence-electron chi connectivity index (χ0n) is 29.5. The molecule has 2 N–H and O–H groups in total. The lowest BCUT2D eigenvalue weighted by Gasteiger charge is -2.72. The van der Waals surface area contributed by atoms with E-state index in [2.05, 4.69) is 57.4 Å². The Morgan fingerprint density at radius 3 is 2.37 bits per heavy atom. The van der Waals surface area contributed by atoms with E-state index in [4.69, 9.17) is 4.74 Å². The van der Waals surface area contributed by atoms with E-state index in [0.717, 1.165) is 19.3 Å². The quantitative estimate of drug-likeness (QED) is 0.273. The molecule has 6 rings (SSSR count). The molecule has 256 valence electrons. The largest absolute Gasteiger partial charge is 0.481 e. The number of fused-ring (bicyclic) bond motifs is 7. The molecule has 9 atom stereocenters. The van der Waals surface area contributed by atoms with Crippen molar-refractivity contribution in [3.8, 4) is 0 Å². The molecule has 0 aromatic carbocycles. The van der Waals surface area contributed by atoms with Crippen LogP contribution < -0.4 is 5.32 Å². The molecule has 5 fully saturated rings. The Labute approximate surface area is 281 Å². The molecule has 0 aliphatic heterocycles. The Hall–Kier alpha value is -1.89. The predicted molar refractivity (Wildman–Crippen MR) is 182 cm³/mol. The van der Waals surface area contributed by atoms with E-state index in [1.165, 1.54) is 56.2 Å². The molecule has 2 unspecified atom stereocenters. The van der Waals surface area contributed by atoms with Crippen LogP contribution in [0.3, 0.4) is 0 Å². The first-order valence-electron chi connectivity index (χ1n) is 18.2. The predicted octanol–water partition coefficient (Wildman–Crippen LogP) is 9.02. The number of carbonyl (C=O) groups excluding carboxylic acids is 2. The maximum Gasteiger partial charge on any atom is 0.309 e. The number of carboxylic acid groups (broad SMARTS) is 1. The van der Waals surface area contributed by atoms with Crippen molar-refractivity contribution >= 4 is 29.2 Å². The second kappa shape index (κ2) is 11.6. The van der Waals surface area contributed by atoms with Gasteiger partial charge >= 0.3 is 11.9 Å². The van der Waals surface area contributed by atoms with Gasteiger partial charge in [-0.05, 0) is 135 Å². The van der Waals surface area contributed by atoms with Crippen molar-refractivity contribution in [2.45, 2.75) is 145 Å². The monoisotopic (exact) mass is 653 g/mol. The smallest absolute Gasteiger partial charge is 0.309 e. The normalized spacial score (nSPS) is 41.3. The zero-order chi connectivity index (χ0) is 33.3. The first kappa shape index (κ1) is 34.0. The highest BCUT2D eigenvalue weighted by Crippen LogP contribution is 2.77. The Bertz CT molecular complexity index is 1340. The topological polar surface area (TPSA) is 92.7 Å². The van der Waals surface area contributed by atoms with Gasteiger partial charge in [-0.25, -0.2) is 0 Å². The van der Waals surface area contributed by atoms with Crippen molar-refractivity contribution in [3.63, 3.8) is 0 Å². The summed E-state index contributed by atoms with van der Waals surface area (Å²) in [6.07, 6.45) is 13.3. The van der Waals surface area contributed by atoms with Gasteiger partial charge in [-0.2, -0.15) is 0 Å². The highest BCUT2D eigenvalue weighted by atomic mass is 32.1. The summed E-state index contributed by atoms with van der Waals surface area (Å²) in [6, 6.07) is 4.16. The minimum Gasteiger partial charge on any atom is -0.481 e. The molecule has 1 amide bonds. The van der Waals surface area contributed by atoms with Gasteiger partial charge in [-0.3, -0.25) is 14.4 Å². The number of rotatable bonds is 8. The number of hydrogen-bond acceptors (Lipinski definition) is 5. The summed E-state index contributed by atoms with van der Waals surface area (Å²) in [6.45, 7) is 16.3. The average Bonchev–Trinajstić information content (AvgIpc) is 3.64. The Kier molecular flexibility index (Phi) is 8.59. The van der Waals surface area contributed by atoms with E-state index in [1.54, 1.807) is 25.2 Å². The lowest BCUT2D eigenvalue weighted by molar-refractivity contribution is -0.248. The molecular weight excluding hydrogens is 594 g/mol. The van der Waals surface area contributed by atoms with Gasteiger partial charge in [0, 0.05) is 16.7 Å². The van der Waals surface area contributed by atoms with E-state index in [-0.39, 0.29) is 51.5 Å². The van der Waals surface area contributed by atoms with Gasteiger partial charge in [0.05, 0.1) is 18.4 Å². The van der Waals surface area contributed by atoms with Crippen LogP contribution in [-0.2, 0) is 25.7 Å². The minimum atomic E-state index is -1.13. The molecule has 6 nitrogen and oxygen atoms in total. The maximum atomic E-state index is 13.4. The molecular formula is C39H59NO5S. The first-order chi connectivity index (χ1) is 21.5. The zero-order valence-corrected chi connectivity index (χ0v) is 30.3. The number of esters is 1. The van der Waals surface area contributed by atoms with Crippen molar-refractivity contribution in [3.05, 3.63) is 22.4 Å². The van der Waals surface area contributed by atoms with Gasteiger partial charge in [0.25, 0.3) is 0 Å². The first-order valence-corrected chi connectivity index (χ1v) is 19.1. The van der Waals surface area contributed by atoms with E-state index >= 15 is 0 Å². The fraction of sp³-hybridized carbons (Fsp3) is 0.821. The molecule has 5 aliphatic rings. The van der Waals surface area contributed by atoms with E-state index in [0.29, 0.717) is 36.6 Å². The van der Waals surface area contributed by atoms with Crippen LogP contribution in [0.2, 0.25) is 0 Å². The second-order valence-electron chi connectivity index (χ2n) is 18.3. The van der Waals surface area contributed by atoms with Crippen molar-refractivity contribution in [2.75, 3.05) is 0 Å². The Morgan fingerprint density at radius 1 is 0.913 bits per heavy atom. The highest BCUT2D eigenvalue weighted by molar-refractivity contribution is 7.09. The molecule has 0 bridgehead atoms. The summed E-state index contributed by atoms with van der Waals surface area (Å²) >= 11 is 1.71. The van der Waals surface area contributed by atoms with Crippen LogP contribution in [0, 0.1) is 56.2 Å². The number of aliphatic carboxylic acids is 1. The molecule has 0 saturated heterocycles. The minimum absolute atomic E-state index is 0.101. The number of amides is 1. The van der Waals surface area contributed by atoms with Crippen molar-refractivity contribution in [1.82, 2.24) is 5.32 Å². The summed E-state index contributed by atoms with van der Waals surface area (Å²) in [7, 11) is 0. The number of nitrogens with one attached hydrogen (secondary N) is 1. The third kappa shape index (κ3) is 5.28. The van der Waals surface area contributed by atoms with Gasteiger partial charge in [-0.15, -0.1) is 11.3 Å². The summed E-state index contributed by atoms with van der Waals surface area (Å²) in [5.74, 6) is 1.30. The highest BCUT2D eigenvalue weighted by Gasteiger charge is 2.70. The third-order valence-corrected chi connectivity index (χ3v) is 16.3. The van der Waals surface area contributed by atoms with Crippen molar-refractivity contribution in [2.24, 2.45) is 56.2 Å². The van der Waals surface area contributed by atoms with Crippen LogP contribution in [-0.4, -0.2) is 29.1 Å². The molecule has 5 saturated carbocycles. The standard InChI is InChI=1S/C39H59NO5S/c1-34(2,33(43)44)23-32(42)45-30-15-17-36(5)28(35(30,3)4)14-18-38(7)29(36)13-12-26-27-11-8-16-39(27,20-19-37(26,38)6)22-31(41)40-24-25-10-9-21-46-25/h9-10,21,26-30H,8,11-20,22-24H2,1-7H3,(H,40,41)(H,43,44)/t26-,27-,28?,29?,30+,36+,37-,38-,39-/m1/s1. The SMILES string of the molecule is CC(C)(CC(=O)O[C@H]1CC[C@@]2(C)C(CC[C@]3(C)C2CC[C@@H]2[C@H]4CCC[C@]4(CC(=O)NCc4cccs4)CC[C@]23C)C1(C)C)C(=O)O. The van der Waals surface area contributed by atoms with Crippen LogP contribution >= 0.6 is 11.3 Å². The molecule has 1 heterocycles. The van der Waals surface area contributed by atoms with Crippen LogP contribution in [0.1, 0.15) is 137 Å². The number of ether oxygens (including phenoxy) is 1. The van der Waals surface area contributed by atoms with Crippen LogP contribution in [0.4, 0.5) is 0 Å². The lowest BCUT2D eigenvalue weighted by atomic mass is 9.32. The van der Waals surface area contributed by atoms with Crippen molar-refractivity contribution in [1.29, 1.82) is 0 Å². The maximum absolute atomic E-state index is 13.4. The van der Waals surface area contributed by atoms with E-state index in [1.807, 2.05) is 0 Å². The molecule has 0 radical (unpaired) electrons. The summed E-state index contributed by atoms with van der Waals surface area (Å²) < 4.78 is 6.15. The molecule has 1 aromatic heterocycles. The van der Waals surface area contributed by atoms with Crippen LogP contribution in [0.5, 0.6) is 0 Å². The lowest BCUT2D eigenvalue weighted by Crippen LogP contribution is -2.66.